The van der Waals surface area contributed by atoms with Crippen LogP contribution in [0.15, 0.2) is 0 Å². The molecule has 0 aromatic heterocycles. The minimum atomic E-state index is -0.357. The first kappa shape index (κ1) is 9.43. The van der Waals surface area contributed by atoms with E-state index in [0.29, 0.717) is 0 Å². The molecule has 0 N–H and O–H groups in total. The van der Waals surface area contributed by atoms with Crippen molar-refractivity contribution in [2.75, 3.05) is 0 Å². The van der Waals surface area contributed by atoms with Crippen LogP contribution in [0.3, 0.4) is 0 Å². The topological polar surface area (TPSA) is 0 Å². The molecule has 0 saturated heterocycles. The van der Waals surface area contributed by atoms with Gasteiger partial charge in [-0.2, -0.15) is 0 Å². The summed E-state index contributed by atoms with van der Waals surface area (Å²) in [6, 6.07) is 0. The van der Waals surface area contributed by atoms with Gasteiger partial charge in [0.15, 0.2) is 0 Å². The molecule has 0 fully saturated rings. The second kappa shape index (κ2) is 5.08. The van der Waals surface area contributed by atoms with E-state index in [4.69, 9.17) is 0 Å². The van der Waals surface area contributed by atoms with E-state index in [1.807, 2.05) is 0 Å². The van der Waals surface area contributed by atoms with Gasteiger partial charge < -0.3 is 12.4 Å². The maximum absolute atomic E-state index is 2.34. The summed E-state index contributed by atoms with van der Waals surface area (Å²) in [6.07, 6.45) is 0. The molecular formula is C3H9ClTe. The van der Waals surface area contributed by atoms with Gasteiger partial charge in [0, 0.05) is 0 Å². The number of halogens is 1. The van der Waals surface area contributed by atoms with Crippen LogP contribution in [0.5, 0.6) is 0 Å². The van der Waals surface area contributed by atoms with Gasteiger partial charge in [0.1, 0.15) is 0 Å². The predicted molar refractivity (Wildman–Crippen MR) is 23.3 cm³/mol. The summed E-state index contributed by atoms with van der Waals surface area (Å²) < 4.78 is 0. The Labute approximate surface area is 47.0 Å². The average Bonchev–Trinajstić information content (AvgIpc) is 0.811. The van der Waals surface area contributed by atoms with E-state index in [1.165, 1.54) is 0 Å². The Morgan fingerprint density at radius 2 is 1.00 bits per heavy atom. The SMILES string of the molecule is C[Te+](C)C.[Cl-]. The van der Waals surface area contributed by atoms with Crippen LogP contribution >= 0.6 is 0 Å². The standard InChI is InChI=1S/C3H9Te.ClH/c1-4(2)3;/h1-3H3;1H/q+1;/p-1. The Morgan fingerprint density at radius 3 is 1.00 bits per heavy atom. The van der Waals surface area contributed by atoms with Gasteiger partial charge >= 0.3 is 34.5 Å². The summed E-state index contributed by atoms with van der Waals surface area (Å²) in [5.74, 6) is 0. The van der Waals surface area contributed by atoms with E-state index in [0.717, 1.165) is 0 Å². The van der Waals surface area contributed by atoms with Crippen molar-refractivity contribution >= 4 is 19.6 Å². The molecule has 0 rings (SSSR count). The van der Waals surface area contributed by atoms with Gasteiger partial charge in [-0.1, -0.05) is 0 Å². The third-order valence-electron chi connectivity index (χ3n) is 0. The van der Waals surface area contributed by atoms with Crippen molar-refractivity contribution in [1.29, 1.82) is 0 Å². The zero-order valence-corrected chi connectivity index (χ0v) is 6.87. The Morgan fingerprint density at radius 1 is 1.00 bits per heavy atom. The number of hydrogen-bond donors (Lipinski definition) is 0. The largest absolute Gasteiger partial charge is 1.00 e. The van der Waals surface area contributed by atoms with Crippen LogP contribution in [-0.4, -0.2) is 19.6 Å². The fraction of sp³-hybridized carbons (Fsp3) is 1.00. The first-order chi connectivity index (χ1) is 1.73. The van der Waals surface area contributed by atoms with Gasteiger partial charge in [-0.3, -0.25) is 0 Å². The maximum Gasteiger partial charge on any atom is -1.00 e. The fourth-order valence-electron chi connectivity index (χ4n) is 0. The molecule has 0 radical (unpaired) electrons. The van der Waals surface area contributed by atoms with Crippen LogP contribution in [0.25, 0.3) is 0 Å². The Balaban J connectivity index is 0. The van der Waals surface area contributed by atoms with Crippen LogP contribution < -0.4 is 12.4 Å². The second-order valence-corrected chi connectivity index (χ2v) is 8.22. The molecule has 34 valence electrons. The van der Waals surface area contributed by atoms with E-state index in [2.05, 4.69) is 14.9 Å². The molecule has 0 heterocycles. The van der Waals surface area contributed by atoms with Gasteiger partial charge in [-0.15, -0.1) is 0 Å². The van der Waals surface area contributed by atoms with Crippen molar-refractivity contribution in [2.24, 2.45) is 0 Å². The van der Waals surface area contributed by atoms with E-state index in [1.54, 1.807) is 0 Å². The van der Waals surface area contributed by atoms with Crippen molar-refractivity contribution < 1.29 is 12.4 Å². The Kier molecular flexibility index (Phi) is 9.58. The molecule has 0 aromatic carbocycles. The smallest absolute Gasteiger partial charge is 1.00 e. The van der Waals surface area contributed by atoms with E-state index in [-0.39, 0.29) is 32.0 Å². The van der Waals surface area contributed by atoms with Gasteiger partial charge in [0.2, 0.25) is 0 Å². The van der Waals surface area contributed by atoms with E-state index in [9.17, 15) is 0 Å². The van der Waals surface area contributed by atoms with Crippen molar-refractivity contribution in [1.82, 2.24) is 0 Å². The van der Waals surface area contributed by atoms with Gasteiger partial charge in [-0.05, 0) is 0 Å². The molecule has 0 aromatic rings. The minimum Gasteiger partial charge on any atom is -1.00 e. The zero-order valence-electron chi connectivity index (χ0n) is 3.79. The average molecular weight is 208 g/mol. The molecule has 0 aliphatic rings. The molecule has 0 unspecified atom stereocenters. The predicted octanol–water partition coefficient (Wildman–Crippen LogP) is -1.63. The van der Waals surface area contributed by atoms with Crippen LogP contribution in [0, 0.1) is 0 Å². The third kappa shape index (κ3) is 41.3. The van der Waals surface area contributed by atoms with Gasteiger partial charge in [-0.25, -0.2) is 0 Å². The van der Waals surface area contributed by atoms with Crippen LogP contribution in [0.4, 0.5) is 0 Å². The second-order valence-electron chi connectivity index (χ2n) is 1.22. The van der Waals surface area contributed by atoms with Crippen LogP contribution in [0.1, 0.15) is 0 Å². The summed E-state index contributed by atoms with van der Waals surface area (Å²) in [7, 11) is 0. The van der Waals surface area contributed by atoms with Crippen LogP contribution in [-0.2, 0) is 0 Å². The summed E-state index contributed by atoms with van der Waals surface area (Å²) >= 11 is -0.357. The van der Waals surface area contributed by atoms with Crippen LogP contribution in [0.2, 0.25) is 14.9 Å². The summed E-state index contributed by atoms with van der Waals surface area (Å²) in [5, 5.41) is 0. The first-order valence-electron chi connectivity index (χ1n) is 1.22. The molecule has 5 heavy (non-hydrogen) atoms. The Hall–Kier alpha value is 1.08. The number of rotatable bonds is 0. The first-order valence-corrected chi connectivity index (χ1v) is 8.22. The van der Waals surface area contributed by atoms with Crippen molar-refractivity contribution in [2.45, 2.75) is 14.9 Å². The van der Waals surface area contributed by atoms with E-state index >= 15 is 0 Å². The molecule has 0 amide bonds. The minimum absolute atomic E-state index is 0. The summed E-state index contributed by atoms with van der Waals surface area (Å²) in [5.41, 5.74) is 0. The molecule has 0 bridgehead atoms. The quantitative estimate of drug-likeness (QED) is 0.419. The normalized spacial score (nSPS) is 7.20. The zero-order chi connectivity index (χ0) is 3.58. The van der Waals surface area contributed by atoms with Gasteiger partial charge in [0.05, 0.1) is 0 Å². The third-order valence-corrected chi connectivity index (χ3v) is 0. The Bertz CT molecular complexity index is 11.6. The van der Waals surface area contributed by atoms with Crippen molar-refractivity contribution in [3.05, 3.63) is 0 Å². The monoisotopic (exact) mass is 210 g/mol. The maximum atomic E-state index is 2.34. The molecular weight excluding hydrogens is 199 g/mol. The fourth-order valence-corrected chi connectivity index (χ4v) is 0. The summed E-state index contributed by atoms with van der Waals surface area (Å²) in [6.45, 7) is 0. The molecule has 0 saturated carbocycles. The van der Waals surface area contributed by atoms with Crippen molar-refractivity contribution in [3.63, 3.8) is 0 Å². The van der Waals surface area contributed by atoms with Crippen molar-refractivity contribution in [3.8, 4) is 0 Å². The van der Waals surface area contributed by atoms with E-state index < -0.39 is 0 Å². The molecule has 0 spiro atoms. The molecule has 0 aliphatic heterocycles. The molecule has 0 aliphatic carbocycles. The molecule has 0 nitrogen and oxygen atoms in total. The molecule has 0 atom stereocenters. The summed E-state index contributed by atoms with van der Waals surface area (Å²) in [4.78, 5) is 7.01. The number of hydrogen-bond acceptors (Lipinski definition) is 0. The molecule has 2 heteroatoms. The van der Waals surface area contributed by atoms with Gasteiger partial charge in [0.25, 0.3) is 0 Å².